The summed E-state index contributed by atoms with van der Waals surface area (Å²) in [6, 6.07) is 12.8. The van der Waals surface area contributed by atoms with Crippen LogP contribution < -0.4 is 10.9 Å². The summed E-state index contributed by atoms with van der Waals surface area (Å²) >= 11 is 7.31. The number of rotatable bonds is 4. The number of nitrogens with one attached hydrogen (secondary N) is 1. The largest absolute Gasteiger partial charge is 0.324 e. The number of carbonyl (C=O) groups is 1. The molecule has 0 aliphatic rings. The molecule has 0 bridgehead atoms. The third-order valence-corrected chi connectivity index (χ3v) is 5.89. The third-order valence-electron chi connectivity index (χ3n) is 4.67. The van der Waals surface area contributed by atoms with E-state index < -0.39 is 0 Å². The van der Waals surface area contributed by atoms with Crippen molar-refractivity contribution in [3.8, 4) is 11.3 Å². The highest BCUT2D eigenvalue weighted by Crippen LogP contribution is 2.31. The molecular formula is C22H19ClN4O2S. The zero-order chi connectivity index (χ0) is 21.4. The third kappa shape index (κ3) is 3.99. The van der Waals surface area contributed by atoms with E-state index in [1.807, 2.05) is 32.9 Å². The van der Waals surface area contributed by atoms with E-state index in [-0.39, 0.29) is 18.0 Å². The van der Waals surface area contributed by atoms with Gasteiger partial charge in [-0.05, 0) is 50.6 Å². The first-order valence-electron chi connectivity index (χ1n) is 9.33. The molecule has 6 nitrogen and oxygen atoms in total. The highest BCUT2D eigenvalue weighted by atomic mass is 35.5. The Kier molecular flexibility index (Phi) is 5.40. The van der Waals surface area contributed by atoms with E-state index >= 15 is 0 Å². The fourth-order valence-electron chi connectivity index (χ4n) is 3.30. The molecule has 1 N–H and O–H groups in total. The molecule has 0 aliphatic carbocycles. The zero-order valence-electron chi connectivity index (χ0n) is 16.7. The molecule has 0 radical (unpaired) electrons. The summed E-state index contributed by atoms with van der Waals surface area (Å²) < 4.78 is 1.92. The number of aryl methyl sites for hydroxylation is 3. The molecular weight excluding hydrogens is 420 g/mol. The molecule has 0 saturated carbocycles. The number of anilines is 1. The summed E-state index contributed by atoms with van der Waals surface area (Å²) in [7, 11) is 0. The van der Waals surface area contributed by atoms with Gasteiger partial charge in [-0.1, -0.05) is 35.4 Å². The maximum absolute atomic E-state index is 12.9. The van der Waals surface area contributed by atoms with Crippen molar-refractivity contribution < 1.29 is 4.79 Å². The quantitative estimate of drug-likeness (QED) is 0.499. The monoisotopic (exact) mass is 438 g/mol. The first kappa shape index (κ1) is 20.3. The van der Waals surface area contributed by atoms with Gasteiger partial charge >= 0.3 is 0 Å². The average Bonchev–Trinajstić information content (AvgIpc) is 3.08. The number of hydrogen-bond donors (Lipinski definition) is 1. The van der Waals surface area contributed by atoms with Crippen molar-refractivity contribution >= 4 is 44.7 Å². The van der Waals surface area contributed by atoms with Crippen molar-refractivity contribution in [2.45, 2.75) is 27.3 Å². The van der Waals surface area contributed by atoms with Gasteiger partial charge in [-0.15, -0.1) is 11.3 Å². The molecule has 2 heterocycles. The number of aromatic nitrogens is 3. The van der Waals surface area contributed by atoms with Crippen LogP contribution in [-0.4, -0.2) is 20.7 Å². The van der Waals surface area contributed by atoms with Crippen LogP contribution in [0, 0.1) is 20.8 Å². The first-order chi connectivity index (χ1) is 14.3. The van der Waals surface area contributed by atoms with Gasteiger partial charge in [-0.2, -0.15) is 5.10 Å². The summed E-state index contributed by atoms with van der Waals surface area (Å²) in [6.07, 6.45) is 0. The number of carbonyl (C=O) groups excluding carboxylic acids is 1. The number of hydrogen-bond acceptors (Lipinski definition) is 5. The molecule has 2 aromatic heterocycles. The Morgan fingerprint density at radius 1 is 1.13 bits per heavy atom. The van der Waals surface area contributed by atoms with Gasteiger partial charge in [0.2, 0.25) is 5.91 Å². The SMILES string of the molecule is Cc1ccc(-c2nn(CC(=O)Nc3ccc(Cl)cc3)c(=O)c3nc(C)sc23)c(C)c1. The fourth-order valence-corrected chi connectivity index (χ4v) is 4.33. The zero-order valence-corrected chi connectivity index (χ0v) is 18.3. The van der Waals surface area contributed by atoms with E-state index in [0.29, 0.717) is 21.9 Å². The predicted octanol–water partition coefficient (Wildman–Crippen LogP) is 4.74. The van der Waals surface area contributed by atoms with Crippen molar-refractivity contribution in [1.82, 2.24) is 14.8 Å². The summed E-state index contributed by atoms with van der Waals surface area (Å²) in [5.41, 5.74) is 4.32. The van der Waals surface area contributed by atoms with Crippen LogP contribution in [0.15, 0.2) is 47.3 Å². The number of fused-ring (bicyclic) bond motifs is 1. The second kappa shape index (κ2) is 8.01. The molecule has 30 heavy (non-hydrogen) atoms. The maximum atomic E-state index is 12.9. The molecule has 152 valence electrons. The summed E-state index contributed by atoms with van der Waals surface area (Å²) in [5, 5.41) is 8.68. The van der Waals surface area contributed by atoms with E-state index in [1.54, 1.807) is 24.3 Å². The van der Waals surface area contributed by atoms with Crippen LogP contribution in [0.4, 0.5) is 5.69 Å². The van der Waals surface area contributed by atoms with Crippen LogP contribution in [-0.2, 0) is 11.3 Å². The van der Waals surface area contributed by atoms with Gasteiger partial charge in [0, 0.05) is 16.3 Å². The van der Waals surface area contributed by atoms with Crippen LogP contribution in [0.5, 0.6) is 0 Å². The minimum atomic E-state index is -0.380. The molecule has 0 unspecified atom stereocenters. The van der Waals surface area contributed by atoms with Gasteiger partial charge in [-0.3, -0.25) is 9.59 Å². The van der Waals surface area contributed by atoms with Crippen molar-refractivity contribution in [3.63, 3.8) is 0 Å². The van der Waals surface area contributed by atoms with Crippen LogP contribution in [0.25, 0.3) is 21.5 Å². The number of halogens is 1. The Morgan fingerprint density at radius 2 is 1.87 bits per heavy atom. The topological polar surface area (TPSA) is 76.9 Å². The van der Waals surface area contributed by atoms with E-state index in [1.165, 1.54) is 16.0 Å². The predicted molar refractivity (Wildman–Crippen MR) is 121 cm³/mol. The first-order valence-corrected chi connectivity index (χ1v) is 10.5. The van der Waals surface area contributed by atoms with Gasteiger partial charge in [0.15, 0.2) is 5.52 Å². The molecule has 4 aromatic rings. The van der Waals surface area contributed by atoms with Gasteiger partial charge < -0.3 is 5.32 Å². The Labute approximate surface area is 182 Å². The van der Waals surface area contributed by atoms with Gasteiger partial charge in [0.1, 0.15) is 12.2 Å². The van der Waals surface area contributed by atoms with E-state index in [9.17, 15) is 9.59 Å². The smallest absolute Gasteiger partial charge is 0.294 e. The Hall–Kier alpha value is -3.03. The van der Waals surface area contributed by atoms with Crippen LogP contribution in [0.2, 0.25) is 5.02 Å². The maximum Gasteiger partial charge on any atom is 0.294 e. The minimum absolute atomic E-state index is 0.216. The molecule has 0 atom stereocenters. The van der Waals surface area contributed by atoms with Gasteiger partial charge in [-0.25, -0.2) is 9.67 Å². The Morgan fingerprint density at radius 3 is 2.57 bits per heavy atom. The lowest BCUT2D eigenvalue weighted by Crippen LogP contribution is -2.30. The number of nitrogens with zero attached hydrogens (tertiary/aromatic N) is 3. The molecule has 2 aromatic carbocycles. The second-order valence-electron chi connectivity index (χ2n) is 7.10. The lowest BCUT2D eigenvalue weighted by atomic mass is 10.0. The average molecular weight is 439 g/mol. The Balaban J connectivity index is 1.76. The van der Waals surface area contributed by atoms with Gasteiger partial charge in [0.05, 0.1) is 9.71 Å². The molecule has 0 fully saturated rings. The summed E-state index contributed by atoms with van der Waals surface area (Å²) in [6.45, 7) is 5.67. The fraction of sp³-hybridized carbons (Fsp3) is 0.182. The van der Waals surface area contributed by atoms with Crippen molar-refractivity contribution in [2.75, 3.05) is 5.32 Å². The molecule has 8 heteroatoms. The van der Waals surface area contributed by atoms with E-state index in [4.69, 9.17) is 11.6 Å². The Bertz CT molecular complexity index is 1330. The lowest BCUT2D eigenvalue weighted by Gasteiger charge is -2.11. The second-order valence-corrected chi connectivity index (χ2v) is 8.74. The number of thiazole rings is 1. The molecule has 0 saturated heterocycles. The van der Waals surface area contributed by atoms with Crippen molar-refractivity contribution in [2.24, 2.45) is 0 Å². The van der Waals surface area contributed by atoms with E-state index in [2.05, 4.69) is 21.5 Å². The standard InChI is InChI=1S/C22H19ClN4O2S/c1-12-4-9-17(13(2)10-12)19-21-20(24-14(3)30-21)22(29)27(26-19)11-18(28)25-16-7-5-15(23)6-8-16/h4-10H,11H2,1-3H3,(H,25,28). The number of benzene rings is 2. The van der Waals surface area contributed by atoms with Crippen LogP contribution in [0.1, 0.15) is 16.1 Å². The highest BCUT2D eigenvalue weighted by molar-refractivity contribution is 7.19. The summed E-state index contributed by atoms with van der Waals surface area (Å²) in [5.74, 6) is -0.357. The van der Waals surface area contributed by atoms with Gasteiger partial charge in [0.25, 0.3) is 5.56 Å². The molecule has 1 amide bonds. The highest BCUT2D eigenvalue weighted by Gasteiger charge is 2.19. The molecule has 4 rings (SSSR count). The molecule has 0 aliphatic heterocycles. The van der Waals surface area contributed by atoms with Crippen LogP contribution >= 0.6 is 22.9 Å². The minimum Gasteiger partial charge on any atom is -0.324 e. The van der Waals surface area contributed by atoms with Crippen LogP contribution in [0.3, 0.4) is 0 Å². The van der Waals surface area contributed by atoms with Crippen molar-refractivity contribution in [3.05, 3.63) is 74.0 Å². The summed E-state index contributed by atoms with van der Waals surface area (Å²) in [4.78, 5) is 29.9. The number of amides is 1. The lowest BCUT2D eigenvalue weighted by molar-refractivity contribution is -0.117. The van der Waals surface area contributed by atoms with Crippen molar-refractivity contribution in [1.29, 1.82) is 0 Å². The van der Waals surface area contributed by atoms with E-state index in [0.717, 1.165) is 26.4 Å². The normalized spacial score (nSPS) is 11.1. The molecule has 0 spiro atoms.